The number of hydrogen-bond acceptors (Lipinski definition) is 2. The summed E-state index contributed by atoms with van der Waals surface area (Å²) in [5.41, 5.74) is 5.66. The van der Waals surface area contributed by atoms with Gasteiger partial charge in [0.1, 0.15) is 0 Å². The van der Waals surface area contributed by atoms with E-state index in [2.05, 4.69) is 26.1 Å². The molecule has 0 rings (SSSR count). The third-order valence-electron chi connectivity index (χ3n) is 1.96. The van der Waals surface area contributed by atoms with Gasteiger partial charge < -0.3 is 11.1 Å². The lowest BCUT2D eigenvalue weighted by molar-refractivity contribution is 0.449. The highest BCUT2D eigenvalue weighted by Crippen LogP contribution is 2.02. The Labute approximate surface area is 94.9 Å². The van der Waals surface area contributed by atoms with E-state index in [1.54, 1.807) is 0 Å². The average molecular weight is 231 g/mol. The van der Waals surface area contributed by atoms with E-state index in [1.807, 2.05) is 0 Å². The first kappa shape index (κ1) is 19.1. The Hall–Kier alpha value is 0.500. The van der Waals surface area contributed by atoms with E-state index in [0.29, 0.717) is 12.1 Å². The van der Waals surface area contributed by atoms with Crippen LogP contribution < -0.4 is 11.1 Å². The lowest BCUT2D eigenvalue weighted by Crippen LogP contribution is -2.30. The molecule has 0 heterocycles. The van der Waals surface area contributed by atoms with Gasteiger partial charge in [0, 0.05) is 12.1 Å². The van der Waals surface area contributed by atoms with Gasteiger partial charge in [-0.3, -0.25) is 0 Å². The molecule has 0 spiro atoms. The molecule has 0 aliphatic carbocycles. The largest absolute Gasteiger partial charge is 0.328 e. The van der Waals surface area contributed by atoms with E-state index < -0.39 is 0 Å². The Morgan fingerprint density at radius 2 is 1.69 bits per heavy atom. The van der Waals surface area contributed by atoms with Gasteiger partial charge in [0.15, 0.2) is 0 Å². The zero-order chi connectivity index (χ0) is 8.69. The van der Waals surface area contributed by atoms with Gasteiger partial charge in [0.25, 0.3) is 0 Å². The predicted molar refractivity (Wildman–Crippen MR) is 65.1 cm³/mol. The summed E-state index contributed by atoms with van der Waals surface area (Å²) in [7, 11) is 0. The molecule has 3 N–H and O–H groups in total. The van der Waals surface area contributed by atoms with Gasteiger partial charge in [0.2, 0.25) is 0 Å². The number of rotatable bonds is 6. The van der Waals surface area contributed by atoms with Crippen LogP contribution in [0, 0.1) is 0 Å². The van der Waals surface area contributed by atoms with Crippen molar-refractivity contribution >= 4 is 24.8 Å². The first-order valence-electron chi connectivity index (χ1n) is 4.69. The van der Waals surface area contributed by atoms with Crippen LogP contribution in [0.15, 0.2) is 0 Å². The monoisotopic (exact) mass is 230 g/mol. The first-order chi connectivity index (χ1) is 5.20. The van der Waals surface area contributed by atoms with E-state index in [1.165, 1.54) is 12.8 Å². The summed E-state index contributed by atoms with van der Waals surface area (Å²) in [5, 5.41) is 3.43. The van der Waals surface area contributed by atoms with Crippen LogP contribution in [0.1, 0.15) is 40.0 Å². The number of nitrogens with one attached hydrogen (secondary N) is 1. The molecule has 0 aromatic carbocycles. The Balaban J connectivity index is -0.000000500. The van der Waals surface area contributed by atoms with Crippen molar-refractivity contribution in [3.8, 4) is 0 Å². The third kappa shape index (κ3) is 12.5. The van der Waals surface area contributed by atoms with Crippen molar-refractivity contribution < 1.29 is 0 Å². The second kappa shape index (κ2) is 12.5. The fourth-order valence-electron chi connectivity index (χ4n) is 1.20. The first-order valence-corrected chi connectivity index (χ1v) is 4.69. The molecule has 0 bridgehead atoms. The lowest BCUT2D eigenvalue weighted by Gasteiger charge is -2.16. The van der Waals surface area contributed by atoms with Crippen molar-refractivity contribution in [3.63, 3.8) is 0 Å². The quantitative estimate of drug-likeness (QED) is 0.736. The molecule has 2 atom stereocenters. The molecule has 0 aromatic rings. The smallest absolute Gasteiger partial charge is 0.00648 e. The second-order valence-corrected chi connectivity index (χ2v) is 3.22. The number of hydrogen-bond donors (Lipinski definition) is 2. The van der Waals surface area contributed by atoms with Crippen molar-refractivity contribution in [2.24, 2.45) is 5.73 Å². The van der Waals surface area contributed by atoms with Crippen LogP contribution in [-0.2, 0) is 0 Å². The van der Waals surface area contributed by atoms with E-state index in [-0.39, 0.29) is 24.8 Å². The highest BCUT2D eigenvalue weighted by atomic mass is 35.5. The molecular formula is C9H24Cl2N2. The van der Waals surface area contributed by atoms with E-state index in [9.17, 15) is 0 Å². The Morgan fingerprint density at radius 3 is 2.00 bits per heavy atom. The van der Waals surface area contributed by atoms with Crippen LogP contribution in [0.25, 0.3) is 0 Å². The number of halogens is 2. The highest BCUT2D eigenvalue weighted by Gasteiger charge is 2.04. The van der Waals surface area contributed by atoms with Crippen LogP contribution in [0.4, 0.5) is 0 Å². The van der Waals surface area contributed by atoms with E-state index in [0.717, 1.165) is 13.0 Å². The van der Waals surface area contributed by atoms with Crippen molar-refractivity contribution in [1.29, 1.82) is 0 Å². The highest BCUT2D eigenvalue weighted by molar-refractivity contribution is 5.85. The minimum absolute atomic E-state index is 0. The van der Waals surface area contributed by atoms with E-state index >= 15 is 0 Å². The van der Waals surface area contributed by atoms with Gasteiger partial charge in [-0.1, -0.05) is 13.8 Å². The van der Waals surface area contributed by atoms with Gasteiger partial charge in [-0.05, 0) is 32.7 Å². The zero-order valence-corrected chi connectivity index (χ0v) is 10.5. The predicted octanol–water partition coefficient (Wildman–Crippen LogP) is 2.35. The van der Waals surface area contributed by atoms with Gasteiger partial charge in [-0.25, -0.2) is 0 Å². The summed E-state index contributed by atoms with van der Waals surface area (Å²) in [6.45, 7) is 7.50. The fraction of sp³-hybridized carbons (Fsp3) is 1.00. The van der Waals surface area contributed by atoms with Crippen LogP contribution >= 0.6 is 24.8 Å². The maximum atomic E-state index is 5.66. The molecule has 84 valence electrons. The topological polar surface area (TPSA) is 38.0 Å². The Morgan fingerprint density at radius 1 is 1.15 bits per heavy atom. The molecule has 0 aromatic heterocycles. The van der Waals surface area contributed by atoms with Crippen LogP contribution in [0.2, 0.25) is 0 Å². The average Bonchev–Trinajstić information content (AvgIpc) is 1.97. The van der Waals surface area contributed by atoms with Gasteiger partial charge in [0.05, 0.1) is 0 Å². The van der Waals surface area contributed by atoms with Crippen molar-refractivity contribution in [2.75, 3.05) is 6.54 Å². The van der Waals surface area contributed by atoms with Crippen LogP contribution in [-0.4, -0.2) is 18.6 Å². The fourth-order valence-corrected chi connectivity index (χ4v) is 1.20. The molecule has 2 unspecified atom stereocenters. The maximum Gasteiger partial charge on any atom is 0.00648 e. The molecule has 0 saturated carbocycles. The summed E-state index contributed by atoms with van der Waals surface area (Å²) in [5.74, 6) is 0. The van der Waals surface area contributed by atoms with Crippen molar-refractivity contribution in [1.82, 2.24) is 5.32 Å². The Bertz CT molecular complexity index is 89.7. The summed E-state index contributed by atoms with van der Waals surface area (Å²) in [6.07, 6.45) is 3.55. The second-order valence-electron chi connectivity index (χ2n) is 3.22. The van der Waals surface area contributed by atoms with Crippen LogP contribution in [0.5, 0.6) is 0 Å². The molecule has 4 heteroatoms. The van der Waals surface area contributed by atoms with E-state index in [4.69, 9.17) is 5.73 Å². The lowest BCUT2D eigenvalue weighted by atomic mass is 10.1. The maximum absolute atomic E-state index is 5.66. The molecule has 0 radical (unpaired) electrons. The van der Waals surface area contributed by atoms with Gasteiger partial charge >= 0.3 is 0 Å². The summed E-state index contributed by atoms with van der Waals surface area (Å²) < 4.78 is 0. The summed E-state index contributed by atoms with van der Waals surface area (Å²) >= 11 is 0. The minimum Gasteiger partial charge on any atom is -0.328 e. The Kier molecular flexibility index (Phi) is 18.4. The van der Waals surface area contributed by atoms with Gasteiger partial charge in [-0.15, -0.1) is 24.8 Å². The normalized spacial score (nSPS) is 13.8. The van der Waals surface area contributed by atoms with Crippen LogP contribution in [0.3, 0.4) is 0 Å². The number of nitrogens with two attached hydrogens (primary N) is 1. The van der Waals surface area contributed by atoms with Crippen molar-refractivity contribution in [2.45, 2.75) is 52.1 Å². The molecule has 0 fully saturated rings. The molecule has 0 amide bonds. The third-order valence-corrected chi connectivity index (χ3v) is 1.96. The molecule has 0 saturated heterocycles. The molecular weight excluding hydrogens is 207 g/mol. The standard InChI is InChI=1S/C9H22N2.2ClH/c1-4-9(11-5-2)7-6-8(3)10;;/h8-9,11H,4-7,10H2,1-3H3;2*1H. The van der Waals surface area contributed by atoms with Crippen molar-refractivity contribution in [3.05, 3.63) is 0 Å². The molecule has 0 aliphatic heterocycles. The molecule has 0 aliphatic rings. The summed E-state index contributed by atoms with van der Waals surface area (Å²) in [4.78, 5) is 0. The van der Waals surface area contributed by atoms with Gasteiger partial charge in [-0.2, -0.15) is 0 Å². The molecule has 2 nitrogen and oxygen atoms in total. The molecule has 13 heavy (non-hydrogen) atoms. The zero-order valence-electron chi connectivity index (χ0n) is 8.88. The SMILES string of the molecule is CCNC(CC)CCC(C)N.Cl.Cl. The minimum atomic E-state index is 0. The summed E-state index contributed by atoms with van der Waals surface area (Å²) in [6, 6.07) is 1.02.